The third-order valence-corrected chi connectivity index (χ3v) is 2.72. The highest BCUT2D eigenvalue weighted by Crippen LogP contribution is 2.16. The van der Waals surface area contributed by atoms with E-state index in [1.807, 2.05) is 0 Å². The zero-order valence-corrected chi connectivity index (χ0v) is 11.6. The molecule has 2 rings (SSSR count). The number of ether oxygens (including phenoxy) is 1. The van der Waals surface area contributed by atoms with Crippen LogP contribution in [-0.2, 0) is 4.74 Å². The van der Waals surface area contributed by atoms with E-state index in [-0.39, 0.29) is 11.7 Å². The van der Waals surface area contributed by atoms with Crippen LogP contribution in [0, 0.1) is 5.82 Å². The molecule has 2 aromatic rings. The van der Waals surface area contributed by atoms with Gasteiger partial charge in [-0.2, -0.15) is 0 Å². The van der Waals surface area contributed by atoms with Crippen molar-refractivity contribution in [3.05, 3.63) is 54.1 Å². The molecule has 5 nitrogen and oxygen atoms in total. The Balaban J connectivity index is 1.95. The van der Waals surface area contributed by atoms with Gasteiger partial charge in [0, 0.05) is 19.3 Å². The van der Waals surface area contributed by atoms with Gasteiger partial charge in [0.2, 0.25) is 0 Å². The number of nitrogens with zero attached hydrogens (tertiary/aromatic N) is 1. The first kappa shape index (κ1) is 14.9. The van der Waals surface area contributed by atoms with E-state index in [1.54, 1.807) is 37.6 Å². The van der Waals surface area contributed by atoms with E-state index in [0.717, 1.165) is 11.4 Å². The Morgan fingerprint density at radius 1 is 1.19 bits per heavy atom. The predicted octanol–water partition coefficient (Wildman–Crippen LogP) is 2.34. The summed E-state index contributed by atoms with van der Waals surface area (Å²) in [6.07, 6.45) is 1.55. The number of amides is 1. The van der Waals surface area contributed by atoms with E-state index >= 15 is 0 Å². The number of nitrogens with one attached hydrogen (secondary N) is 2. The quantitative estimate of drug-likeness (QED) is 0.801. The molecule has 110 valence electrons. The third kappa shape index (κ3) is 4.54. The lowest BCUT2D eigenvalue weighted by Gasteiger charge is -2.07. The topological polar surface area (TPSA) is 63.2 Å². The summed E-state index contributed by atoms with van der Waals surface area (Å²) in [4.78, 5) is 15.8. The summed E-state index contributed by atoms with van der Waals surface area (Å²) < 4.78 is 17.7. The molecule has 1 heterocycles. The van der Waals surface area contributed by atoms with E-state index in [9.17, 15) is 9.18 Å². The van der Waals surface area contributed by atoms with Crippen molar-refractivity contribution in [2.75, 3.05) is 25.6 Å². The summed E-state index contributed by atoms with van der Waals surface area (Å²) >= 11 is 0. The van der Waals surface area contributed by atoms with E-state index in [2.05, 4.69) is 15.6 Å². The van der Waals surface area contributed by atoms with Crippen molar-refractivity contribution >= 4 is 17.3 Å². The summed E-state index contributed by atoms with van der Waals surface area (Å²) in [5.41, 5.74) is 1.79. The number of rotatable bonds is 6. The number of carbonyl (C=O) groups excluding carboxylic acids is 1. The van der Waals surface area contributed by atoms with E-state index < -0.39 is 0 Å². The van der Waals surface area contributed by atoms with E-state index in [0.29, 0.717) is 18.8 Å². The molecule has 0 aliphatic heterocycles. The molecule has 0 saturated carbocycles. The maximum atomic E-state index is 12.8. The minimum Gasteiger partial charge on any atom is -0.383 e. The molecule has 2 N–H and O–H groups in total. The Hall–Kier alpha value is -2.47. The van der Waals surface area contributed by atoms with Gasteiger partial charge in [0.15, 0.2) is 0 Å². The van der Waals surface area contributed by atoms with Crippen molar-refractivity contribution in [2.45, 2.75) is 0 Å². The second-order valence-corrected chi connectivity index (χ2v) is 4.31. The molecule has 6 heteroatoms. The number of benzene rings is 1. The molecule has 0 spiro atoms. The zero-order valence-electron chi connectivity index (χ0n) is 11.6. The van der Waals surface area contributed by atoms with Crippen molar-refractivity contribution in [1.29, 1.82) is 0 Å². The molecule has 0 saturated heterocycles. The molecule has 0 fully saturated rings. The fourth-order valence-corrected chi connectivity index (χ4v) is 1.66. The first-order chi connectivity index (χ1) is 10.2. The van der Waals surface area contributed by atoms with Crippen LogP contribution in [0.25, 0.3) is 0 Å². The zero-order chi connectivity index (χ0) is 15.1. The summed E-state index contributed by atoms with van der Waals surface area (Å²) in [6.45, 7) is 0.891. The van der Waals surface area contributed by atoms with Gasteiger partial charge in [0.1, 0.15) is 11.5 Å². The fourth-order valence-electron chi connectivity index (χ4n) is 1.66. The second kappa shape index (κ2) is 7.35. The first-order valence-electron chi connectivity index (χ1n) is 6.45. The van der Waals surface area contributed by atoms with Crippen LogP contribution in [-0.4, -0.2) is 31.2 Å². The lowest BCUT2D eigenvalue weighted by Crippen LogP contribution is -2.27. The average molecular weight is 289 g/mol. The van der Waals surface area contributed by atoms with Crippen LogP contribution < -0.4 is 10.6 Å². The van der Waals surface area contributed by atoms with Gasteiger partial charge in [-0.05, 0) is 36.4 Å². The molecule has 0 radical (unpaired) electrons. The summed E-state index contributed by atoms with van der Waals surface area (Å²) in [5.74, 6) is -0.540. The third-order valence-electron chi connectivity index (χ3n) is 2.72. The molecule has 1 aromatic heterocycles. The van der Waals surface area contributed by atoms with E-state index in [1.165, 1.54) is 12.1 Å². The summed E-state index contributed by atoms with van der Waals surface area (Å²) in [5, 5.41) is 5.76. The summed E-state index contributed by atoms with van der Waals surface area (Å²) in [6, 6.07) is 9.34. The van der Waals surface area contributed by atoms with Crippen LogP contribution in [0.4, 0.5) is 15.8 Å². The highest BCUT2D eigenvalue weighted by Gasteiger charge is 2.06. The van der Waals surface area contributed by atoms with Crippen molar-refractivity contribution in [2.24, 2.45) is 0 Å². The van der Waals surface area contributed by atoms with Crippen LogP contribution in [0.5, 0.6) is 0 Å². The maximum absolute atomic E-state index is 12.8. The van der Waals surface area contributed by atoms with Gasteiger partial charge in [-0.25, -0.2) is 9.37 Å². The number of anilines is 2. The van der Waals surface area contributed by atoms with Crippen LogP contribution in [0.1, 0.15) is 10.5 Å². The van der Waals surface area contributed by atoms with Crippen LogP contribution in [0.3, 0.4) is 0 Å². The molecule has 0 unspecified atom stereocenters. The standard InChI is InChI=1S/C15H16FN3O2/c1-21-9-8-17-15(20)14-7-6-13(10-18-14)19-12-4-2-11(16)3-5-12/h2-7,10,19H,8-9H2,1H3,(H,17,20). The molecule has 1 aromatic carbocycles. The largest absolute Gasteiger partial charge is 0.383 e. The molecule has 0 aliphatic carbocycles. The number of carbonyl (C=O) groups is 1. The maximum Gasteiger partial charge on any atom is 0.269 e. The van der Waals surface area contributed by atoms with Gasteiger partial charge in [0.25, 0.3) is 5.91 Å². The number of methoxy groups -OCH3 is 1. The van der Waals surface area contributed by atoms with Crippen molar-refractivity contribution in [3.63, 3.8) is 0 Å². The number of hydrogen-bond acceptors (Lipinski definition) is 4. The highest BCUT2D eigenvalue weighted by molar-refractivity contribution is 5.92. The minimum atomic E-state index is -0.290. The van der Waals surface area contributed by atoms with Crippen LogP contribution in [0.15, 0.2) is 42.6 Å². The van der Waals surface area contributed by atoms with Crippen molar-refractivity contribution < 1.29 is 13.9 Å². The second-order valence-electron chi connectivity index (χ2n) is 4.31. The van der Waals surface area contributed by atoms with Gasteiger partial charge >= 0.3 is 0 Å². The molecule has 1 amide bonds. The molecule has 0 bridgehead atoms. The van der Waals surface area contributed by atoms with Gasteiger partial charge in [-0.1, -0.05) is 0 Å². The lowest BCUT2D eigenvalue weighted by atomic mass is 10.3. The van der Waals surface area contributed by atoms with Gasteiger partial charge < -0.3 is 15.4 Å². The number of aromatic nitrogens is 1. The highest BCUT2D eigenvalue weighted by atomic mass is 19.1. The monoisotopic (exact) mass is 289 g/mol. The SMILES string of the molecule is COCCNC(=O)c1ccc(Nc2ccc(F)cc2)cn1. The number of halogens is 1. The molecular formula is C15H16FN3O2. The first-order valence-corrected chi connectivity index (χ1v) is 6.45. The molecular weight excluding hydrogens is 273 g/mol. The van der Waals surface area contributed by atoms with Crippen LogP contribution >= 0.6 is 0 Å². The predicted molar refractivity (Wildman–Crippen MR) is 78.1 cm³/mol. The Bertz CT molecular complexity index is 585. The van der Waals surface area contributed by atoms with E-state index in [4.69, 9.17) is 4.74 Å². The number of pyridine rings is 1. The van der Waals surface area contributed by atoms with Gasteiger partial charge in [-0.15, -0.1) is 0 Å². The molecule has 0 aliphatic rings. The Kier molecular flexibility index (Phi) is 5.22. The van der Waals surface area contributed by atoms with Gasteiger partial charge in [-0.3, -0.25) is 4.79 Å². The van der Waals surface area contributed by atoms with Gasteiger partial charge in [0.05, 0.1) is 18.5 Å². The van der Waals surface area contributed by atoms with Crippen molar-refractivity contribution in [3.8, 4) is 0 Å². The lowest BCUT2D eigenvalue weighted by molar-refractivity contribution is 0.0932. The fraction of sp³-hybridized carbons (Fsp3) is 0.200. The molecule has 0 atom stereocenters. The summed E-state index contributed by atoms with van der Waals surface area (Å²) in [7, 11) is 1.57. The normalized spacial score (nSPS) is 10.2. The van der Waals surface area contributed by atoms with Crippen molar-refractivity contribution in [1.82, 2.24) is 10.3 Å². The van der Waals surface area contributed by atoms with Crippen LogP contribution in [0.2, 0.25) is 0 Å². The smallest absolute Gasteiger partial charge is 0.269 e. The minimum absolute atomic E-state index is 0.250. The molecule has 21 heavy (non-hydrogen) atoms. The Morgan fingerprint density at radius 3 is 2.52 bits per heavy atom. The Labute approximate surface area is 122 Å². The average Bonchev–Trinajstić information content (AvgIpc) is 2.50. The Morgan fingerprint density at radius 2 is 1.90 bits per heavy atom. The number of hydrogen-bond donors (Lipinski definition) is 2.